The summed E-state index contributed by atoms with van der Waals surface area (Å²) < 4.78 is 32.1. The highest BCUT2D eigenvalue weighted by Crippen LogP contribution is 2.27. The molecule has 0 aliphatic heterocycles. The van der Waals surface area contributed by atoms with Gasteiger partial charge in [-0.25, -0.2) is 18.4 Å². The molecular weight excluding hydrogens is 334 g/mol. The van der Waals surface area contributed by atoms with Crippen LogP contribution in [0, 0.1) is 6.92 Å². The van der Waals surface area contributed by atoms with Crippen LogP contribution in [0.1, 0.15) is 5.69 Å². The van der Waals surface area contributed by atoms with E-state index in [1.807, 2.05) is 0 Å². The van der Waals surface area contributed by atoms with E-state index in [1.165, 1.54) is 25.4 Å². The lowest BCUT2D eigenvalue weighted by molar-refractivity contribution is 0.397. The number of nitrogens with zero attached hydrogens (tertiary/aromatic N) is 2. The molecule has 0 aliphatic rings. The molecule has 1 N–H and O–H groups in total. The third-order valence-corrected chi connectivity index (χ3v) is 4.65. The Labute approximate surface area is 133 Å². The molecule has 0 saturated heterocycles. The number of aromatic nitrogens is 2. The highest BCUT2D eigenvalue weighted by atomic mass is 35.5. The van der Waals surface area contributed by atoms with Gasteiger partial charge in [0, 0.05) is 9.92 Å². The van der Waals surface area contributed by atoms with E-state index in [1.54, 1.807) is 13.0 Å². The number of halogens is 1. The smallest absolute Gasteiger partial charge is 0.264 e. The highest BCUT2D eigenvalue weighted by molar-refractivity contribution is 7.93. The zero-order valence-electron chi connectivity index (χ0n) is 11.2. The van der Waals surface area contributed by atoms with Crippen LogP contribution in [-0.2, 0) is 10.0 Å². The minimum Gasteiger partial charge on any atom is -0.478 e. The summed E-state index contributed by atoms with van der Waals surface area (Å²) >= 11 is 9.95. The van der Waals surface area contributed by atoms with Crippen molar-refractivity contribution < 1.29 is 13.2 Å². The van der Waals surface area contributed by atoms with Gasteiger partial charge in [-0.15, -0.1) is 12.6 Å². The molecule has 0 saturated carbocycles. The molecule has 2 aromatic rings. The van der Waals surface area contributed by atoms with Gasteiger partial charge in [0.2, 0.25) is 5.82 Å². The molecule has 2 rings (SSSR count). The van der Waals surface area contributed by atoms with Gasteiger partial charge in [-0.1, -0.05) is 11.6 Å². The Balaban J connectivity index is 2.45. The molecule has 0 fully saturated rings. The summed E-state index contributed by atoms with van der Waals surface area (Å²) in [6, 6.07) is 4.35. The maximum absolute atomic E-state index is 12.4. The topological polar surface area (TPSA) is 81.2 Å². The molecule has 21 heavy (non-hydrogen) atoms. The first kappa shape index (κ1) is 15.9. The van der Waals surface area contributed by atoms with Gasteiger partial charge in [0.15, 0.2) is 0 Å². The molecule has 0 atom stereocenters. The lowest BCUT2D eigenvalue weighted by Crippen LogP contribution is -2.16. The number of sulfonamides is 1. The first-order valence-corrected chi connectivity index (χ1v) is 8.03. The van der Waals surface area contributed by atoms with E-state index >= 15 is 0 Å². The van der Waals surface area contributed by atoms with E-state index in [0.29, 0.717) is 5.69 Å². The maximum atomic E-state index is 12.4. The normalized spacial score (nSPS) is 11.2. The second-order valence-electron chi connectivity index (χ2n) is 4.09. The van der Waals surface area contributed by atoms with Gasteiger partial charge in [-0.05, 0) is 25.1 Å². The highest BCUT2D eigenvalue weighted by Gasteiger charge is 2.21. The van der Waals surface area contributed by atoms with Gasteiger partial charge in [0.1, 0.15) is 4.90 Å². The van der Waals surface area contributed by atoms with Crippen LogP contribution in [0.5, 0.6) is 5.88 Å². The number of aryl methyl sites for hydroxylation is 1. The van der Waals surface area contributed by atoms with Crippen molar-refractivity contribution in [1.29, 1.82) is 0 Å². The Morgan fingerprint density at radius 2 is 2.10 bits per heavy atom. The number of nitrogens with one attached hydrogen (secondary N) is 1. The third kappa shape index (κ3) is 3.58. The minimum atomic E-state index is -3.91. The quantitative estimate of drug-likeness (QED) is 0.832. The van der Waals surface area contributed by atoms with Crippen LogP contribution in [0.3, 0.4) is 0 Å². The molecule has 1 aromatic carbocycles. The molecular formula is C12H12ClN3O3S2. The van der Waals surface area contributed by atoms with Crippen LogP contribution in [-0.4, -0.2) is 25.5 Å². The predicted molar refractivity (Wildman–Crippen MR) is 82.8 cm³/mol. The van der Waals surface area contributed by atoms with Crippen LogP contribution in [0.2, 0.25) is 5.02 Å². The summed E-state index contributed by atoms with van der Waals surface area (Å²) in [7, 11) is -2.53. The van der Waals surface area contributed by atoms with Gasteiger partial charge in [0.25, 0.3) is 15.9 Å². The van der Waals surface area contributed by atoms with Crippen LogP contribution in [0.25, 0.3) is 0 Å². The van der Waals surface area contributed by atoms with Crippen molar-refractivity contribution >= 4 is 40.1 Å². The molecule has 112 valence electrons. The Morgan fingerprint density at radius 3 is 2.76 bits per heavy atom. The van der Waals surface area contributed by atoms with Crippen LogP contribution in [0.15, 0.2) is 34.2 Å². The van der Waals surface area contributed by atoms with Gasteiger partial charge in [-0.3, -0.25) is 4.72 Å². The predicted octanol–water partition coefficient (Wildman–Crippen LogP) is 2.54. The maximum Gasteiger partial charge on any atom is 0.264 e. The van der Waals surface area contributed by atoms with Crippen LogP contribution < -0.4 is 9.46 Å². The molecule has 6 nitrogen and oxygen atoms in total. The SMILES string of the molecule is COc1nc(C)cnc1NS(=O)(=O)c1cc(Cl)ccc1S. The van der Waals surface area contributed by atoms with Crippen molar-refractivity contribution in [3.05, 3.63) is 35.1 Å². The number of methoxy groups -OCH3 is 1. The van der Waals surface area contributed by atoms with Crippen molar-refractivity contribution in [2.45, 2.75) is 16.7 Å². The molecule has 1 heterocycles. The Kier molecular flexibility index (Phi) is 4.60. The number of ether oxygens (including phenoxy) is 1. The number of benzene rings is 1. The summed E-state index contributed by atoms with van der Waals surface area (Å²) in [5.41, 5.74) is 0.604. The standard InChI is InChI=1S/C12H12ClN3O3S2/c1-7-6-14-11(12(15-7)19-2)16-21(17,18)10-5-8(13)3-4-9(10)20/h3-6,20H,1-2H3,(H,14,16). The van der Waals surface area contributed by atoms with E-state index in [9.17, 15) is 8.42 Å². The van der Waals surface area contributed by atoms with Gasteiger partial charge < -0.3 is 4.74 Å². The third-order valence-electron chi connectivity index (χ3n) is 2.50. The zero-order chi connectivity index (χ0) is 15.6. The van der Waals surface area contributed by atoms with Crippen molar-refractivity contribution in [3.63, 3.8) is 0 Å². The largest absolute Gasteiger partial charge is 0.478 e. The fraction of sp³-hybridized carbons (Fsp3) is 0.167. The Bertz CT molecular complexity index is 781. The average Bonchev–Trinajstić information content (AvgIpc) is 2.43. The lowest BCUT2D eigenvalue weighted by Gasteiger charge is -2.11. The molecule has 0 amide bonds. The van der Waals surface area contributed by atoms with Crippen LogP contribution >= 0.6 is 24.2 Å². The van der Waals surface area contributed by atoms with E-state index in [0.717, 1.165) is 0 Å². The average molecular weight is 346 g/mol. The first-order valence-electron chi connectivity index (χ1n) is 5.72. The molecule has 9 heteroatoms. The van der Waals surface area contributed by atoms with Crippen molar-refractivity contribution in [3.8, 4) is 5.88 Å². The minimum absolute atomic E-state index is 0.00388. The van der Waals surface area contributed by atoms with E-state index in [-0.39, 0.29) is 26.5 Å². The zero-order valence-corrected chi connectivity index (χ0v) is 13.6. The van der Waals surface area contributed by atoms with Gasteiger partial charge >= 0.3 is 0 Å². The summed E-state index contributed by atoms with van der Waals surface area (Å²) in [4.78, 5) is 8.25. The molecule has 0 aliphatic carbocycles. The summed E-state index contributed by atoms with van der Waals surface area (Å²) in [6.45, 7) is 1.72. The van der Waals surface area contributed by atoms with Crippen LogP contribution in [0.4, 0.5) is 5.82 Å². The Hall–Kier alpha value is -1.51. The van der Waals surface area contributed by atoms with Crippen molar-refractivity contribution in [2.75, 3.05) is 11.8 Å². The van der Waals surface area contributed by atoms with Crippen molar-refractivity contribution in [1.82, 2.24) is 9.97 Å². The number of hydrogen-bond acceptors (Lipinski definition) is 6. The monoisotopic (exact) mass is 345 g/mol. The fourth-order valence-electron chi connectivity index (χ4n) is 1.55. The molecule has 1 aromatic heterocycles. The van der Waals surface area contributed by atoms with E-state index in [2.05, 4.69) is 27.3 Å². The number of thiol groups is 1. The molecule has 0 spiro atoms. The number of rotatable bonds is 4. The lowest BCUT2D eigenvalue weighted by atomic mass is 10.4. The molecule has 0 bridgehead atoms. The second kappa shape index (κ2) is 6.08. The summed E-state index contributed by atoms with van der Waals surface area (Å²) in [5, 5.41) is 0.287. The number of hydrogen-bond donors (Lipinski definition) is 2. The van der Waals surface area contributed by atoms with Gasteiger partial charge in [0.05, 0.1) is 19.0 Å². The molecule has 0 radical (unpaired) electrons. The summed E-state index contributed by atoms with van der Waals surface area (Å²) in [6.07, 6.45) is 1.43. The Morgan fingerprint density at radius 1 is 1.38 bits per heavy atom. The first-order chi connectivity index (χ1) is 9.83. The van der Waals surface area contributed by atoms with E-state index < -0.39 is 10.0 Å². The van der Waals surface area contributed by atoms with Crippen molar-refractivity contribution in [2.24, 2.45) is 0 Å². The van der Waals surface area contributed by atoms with E-state index in [4.69, 9.17) is 16.3 Å². The molecule has 0 unspecified atom stereocenters. The van der Waals surface area contributed by atoms with Gasteiger partial charge in [-0.2, -0.15) is 0 Å². The second-order valence-corrected chi connectivity index (χ2v) is 6.66. The fourth-order valence-corrected chi connectivity index (χ4v) is 3.42. The summed E-state index contributed by atoms with van der Waals surface area (Å²) in [5.74, 6) is 0.0807. The number of anilines is 1.